The highest BCUT2D eigenvalue weighted by atomic mass is 32.1. The maximum Gasteiger partial charge on any atom is 0.275 e. The van der Waals surface area contributed by atoms with E-state index < -0.39 is 0 Å². The van der Waals surface area contributed by atoms with Crippen molar-refractivity contribution in [2.24, 2.45) is 5.84 Å². The summed E-state index contributed by atoms with van der Waals surface area (Å²) in [6.07, 6.45) is 0.207. The first-order valence-corrected chi connectivity index (χ1v) is 5.40. The first kappa shape index (κ1) is 10.6. The number of hydrogen-bond donors (Lipinski definition) is 2. The third-order valence-electron chi connectivity index (χ3n) is 2.09. The lowest BCUT2D eigenvalue weighted by Gasteiger charge is -2.25. The van der Waals surface area contributed by atoms with Crippen molar-refractivity contribution in [3.63, 3.8) is 0 Å². The van der Waals surface area contributed by atoms with Gasteiger partial charge in [0, 0.05) is 4.88 Å². The number of thiophene rings is 1. The summed E-state index contributed by atoms with van der Waals surface area (Å²) in [5.41, 5.74) is 2.09. The summed E-state index contributed by atoms with van der Waals surface area (Å²) in [6.45, 7) is 1.86. The molecule has 1 aliphatic rings. The first-order valence-electron chi connectivity index (χ1n) is 4.58. The van der Waals surface area contributed by atoms with Crippen LogP contribution in [-0.2, 0) is 16.1 Å². The molecule has 6 heteroatoms. The van der Waals surface area contributed by atoms with Gasteiger partial charge in [0.05, 0.1) is 24.7 Å². The summed E-state index contributed by atoms with van der Waals surface area (Å²) in [4.78, 5) is 12.8. The number of amides is 1. The van der Waals surface area contributed by atoms with Crippen LogP contribution in [0.1, 0.15) is 14.5 Å². The van der Waals surface area contributed by atoms with Crippen LogP contribution in [0.25, 0.3) is 0 Å². The molecule has 0 spiro atoms. The number of carbonyl (C=O) groups excluding carboxylic acids is 1. The van der Waals surface area contributed by atoms with E-state index in [4.69, 9.17) is 15.3 Å². The molecule has 1 saturated heterocycles. The maximum atomic E-state index is 11.1. The molecule has 5 nitrogen and oxygen atoms in total. The van der Waals surface area contributed by atoms with E-state index >= 15 is 0 Å². The molecule has 1 aliphatic heterocycles. The van der Waals surface area contributed by atoms with Crippen LogP contribution in [0.4, 0.5) is 0 Å². The summed E-state index contributed by atoms with van der Waals surface area (Å²) < 4.78 is 10.5. The predicted octanol–water partition coefficient (Wildman–Crippen LogP) is 0.267. The molecule has 1 amide bonds. The Kier molecular flexibility index (Phi) is 3.32. The van der Waals surface area contributed by atoms with E-state index in [1.165, 1.54) is 11.3 Å². The van der Waals surface area contributed by atoms with E-state index in [0.717, 1.165) is 4.88 Å². The molecule has 0 unspecified atom stereocenters. The number of ether oxygens (including phenoxy) is 2. The van der Waals surface area contributed by atoms with E-state index in [0.29, 0.717) is 24.7 Å². The minimum atomic E-state index is -0.266. The van der Waals surface area contributed by atoms with Crippen molar-refractivity contribution in [2.45, 2.75) is 12.7 Å². The first-order chi connectivity index (χ1) is 7.29. The quantitative estimate of drug-likeness (QED) is 0.440. The van der Waals surface area contributed by atoms with Crippen LogP contribution < -0.4 is 11.3 Å². The molecule has 0 bridgehead atoms. The number of nitrogens with two attached hydrogens (primary N) is 1. The molecule has 82 valence electrons. The minimum Gasteiger partial charge on any atom is -0.376 e. The SMILES string of the molecule is NNC(=O)c1ccc(COC2COC2)s1. The van der Waals surface area contributed by atoms with Crippen molar-refractivity contribution in [2.75, 3.05) is 13.2 Å². The topological polar surface area (TPSA) is 73.6 Å². The second-order valence-electron chi connectivity index (χ2n) is 3.21. The van der Waals surface area contributed by atoms with Gasteiger partial charge in [-0.25, -0.2) is 5.84 Å². The monoisotopic (exact) mass is 228 g/mol. The van der Waals surface area contributed by atoms with E-state index in [2.05, 4.69) is 5.43 Å². The van der Waals surface area contributed by atoms with Gasteiger partial charge in [-0.1, -0.05) is 0 Å². The highest BCUT2D eigenvalue weighted by Crippen LogP contribution is 2.18. The van der Waals surface area contributed by atoms with Gasteiger partial charge in [0.25, 0.3) is 5.91 Å². The van der Waals surface area contributed by atoms with Gasteiger partial charge >= 0.3 is 0 Å². The predicted molar refractivity (Wildman–Crippen MR) is 55.4 cm³/mol. The molecule has 2 rings (SSSR count). The van der Waals surface area contributed by atoms with Crippen molar-refractivity contribution in [3.8, 4) is 0 Å². The Hall–Kier alpha value is -0.950. The average Bonchev–Trinajstić information content (AvgIpc) is 2.63. The molecule has 0 saturated carbocycles. The Morgan fingerprint density at radius 2 is 2.47 bits per heavy atom. The number of rotatable bonds is 4. The van der Waals surface area contributed by atoms with Crippen molar-refractivity contribution in [3.05, 3.63) is 21.9 Å². The Balaban J connectivity index is 1.86. The van der Waals surface area contributed by atoms with E-state index in [1.807, 2.05) is 6.07 Å². The summed E-state index contributed by atoms with van der Waals surface area (Å²) >= 11 is 1.38. The second kappa shape index (κ2) is 4.71. The highest BCUT2D eigenvalue weighted by molar-refractivity contribution is 7.14. The fourth-order valence-electron chi connectivity index (χ4n) is 1.16. The molecular weight excluding hydrogens is 216 g/mol. The molecule has 0 aromatic carbocycles. The number of nitrogen functional groups attached to an aromatic ring is 1. The van der Waals surface area contributed by atoms with E-state index in [9.17, 15) is 4.79 Å². The van der Waals surface area contributed by atoms with Crippen LogP contribution >= 0.6 is 11.3 Å². The molecule has 3 N–H and O–H groups in total. The van der Waals surface area contributed by atoms with Crippen LogP contribution in [0.15, 0.2) is 12.1 Å². The Bertz CT molecular complexity index is 349. The zero-order valence-electron chi connectivity index (χ0n) is 8.06. The van der Waals surface area contributed by atoms with Crippen LogP contribution in [-0.4, -0.2) is 25.2 Å². The van der Waals surface area contributed by atoms with E-state index in [1.54, 1.807) is 6.07 Å². The number of hydrogen-bond acceptors (Lipinski definition) is 5. The normalized spacial score (nSPS) is 16.1. The Morgan fingerprint density at radius 1 is 1.67 bits per heavy atom. The van der Waals surface area contributed by atoms with Crippen molar-refractivity contribution >= 4 is 17.2 Å². The fraction of sp³-hybridized carbons (Fsp3) is 0.444. The van der Waals surface area contributed by atoms with Gasteiger partial charge in [0.1, 0.15) is 6.10 Å². The van der Waals surface area contributed by atoms with Gasteiger partial charge in [-0.15, -0.1) is 11.3 Å². The smallest absolute Gasteiger partial charge is 0.275 e. The lowest BCUT2D eigenvalue weighted by atomic mass is 10.3. The van der Waals surface area contributed by atoms with Crippen molar-refractivity contribution < 1.29 is 14.3 Å². The third kappa shape index (κ3) is 2.54. The highest BCUT2D eigenvalue weighted by Gasteiger charge is 2.19. The molecule has 15 heavy (non-hydrogen) atoms. The summed E-state index contributed by atoms with van der Waals surface area (Å²) in [5.74, 6) is 4.76. The average molecular weight is 228 g/mol. The zero-order valence-corrected chi connectivity index (χ0v) is 8.88. The third-order valence-corrected chi connectivity index (χ3v) is 3.14. The molecule has 1 aromatic heterocycles. The van der Waals surface area contributed by atoms with Gasteiger partial charge in [-0.3, -0.25) is 10.2 Å². The van der Waals surface area contributed by atoms with Crippen LogP contribution in [0.2, 0.25) is 0 Å². The standard InChI is InChI=1S/C9H12N2O3S/c10-11-9(12)8-2-1-7(15-8)5-14-6-3-13-4-6/h1-2,6H,3-5,10H2,(H,11,12). The minimum absolute atomic E-state index is 0.207. The number of hydrazine groups is 1. The largest absolute Gasteiger partial charge is 0.376 e. The lowest BCUT2D eigenvalue weighted by molar-refractivity contribution is -0.134. The molecule has 0 radical (unpaired) electrons. The molecular formula is C9H12N2O3S. The van der Waals surface area contributed by atoms with Crippen LogP contribution in [0.3, 0.4) is 0 Å². The molecule has 0 aliphatic carbocycles. The summed E-state index contributed by atoms with van der Waals surface area (Å²) in [6, 6.07) is 3.61. The molecule has 2 heterocycles. The van der Waals surface area contributed by atoms with Gasteiger partial charge in [-0.2, -0.15) is 0 Å². The number of nitrogens with one attached hydrogen (secondary N) is 1. The summed E-state index contributed by atoms with van der Waals surface area (Å²) in [5, 5.41) is 0. The maximum absolute atomic E-state index is 11.1. The van der Waals surface area contributed by atoms with Gasteiger partial charge in [0.2, 0.25) is 0 Å². The Morgan fingerprint density at radius 3 is 3.07 bits per heavy atom. The molecule has 1 aromatic rings. The van der Waals surface area contributed by atoms with Gasteiger partial charge in [-0.05, 0) is 12.1 Å². The van der Waals surface area contributed by atoms with Crippen molar-refractivity contribution in [1.29, 1.82) is 0 Å². The Labute approximate surface area is 91.1 Å². The summed E-state index contributed by atoms with van der Waals surface area (Å²) in [7, 11) is 0. The lowest BCUT2D eigenvalue weighted by Crippen LogP contribution is -2.35. The van der Waals surface area contributed by atoms with Gasteiger partial charge in [0.15, 0.2) is 0 Å². The fourth-order valence-corrected chi connectivity index (χ4v) is 1.99. The van der Waals surface area contributed by atoms with Crippen LogP contribution in [0, 0.1) is 0 Å². The zero-order chi connectivity index (χ0) is 10.7. The van der Waals surface area contributed by atoms with Gasteiger partial charge < -0.3 is 9.47 Å². The van der Waals surface area contributed by atoms with Crippen LogP contribution in [0.5, 0.6) is 0 Å². The molecule has 0 atom stereocenters. The number of carbonyl (C=O) groups is 1. The second-order valence-corrected chi connectivity index (χ2v) is 4.38. The molecule has 1 fully saturated rings. The van der Waals surface area contributed by atoms with E-state index in [-0.39, 0.29) is 12.0 Å². The van der Waals surface area contributed by atoms with Crippen molar-refractivity contribution in [1.82, 2.24) is 5.43 Å².